The van der Waals surface area contributed by atoms with Gasteiger partial charge in [-0.3, -0.25) is 9.88 Å². The van der Waals surface area contributed by atoms with Crippen molar-refractivity contribution in [1.82, 2.24) is 20.0 Å². The van der Waals surface area contributed by atoms with Crippen LogP contribution in [0.25, 0.3) is 11.4 Å². The summed E-state index contributed by atoms with van der Waals surface area (Å²) in [6.45, 7) is 5.10. The van der Waals surface area contributed by atoms with Crippen LogP contribution in [-0.2, 0) is 4.74 Å². The van der Waals surface area contributed by atoms with Crippen molar-refractivity contribution in [2.45, 2.75) is 13.0 Å². The van der Waals surface area contributed by atoms with E-state index < -0.39 is 0 Å². The highest BCUT2D eigenvalue weighted by Crippen LogP contribution is 2.30. The van der Waals surface area contributed by atoms with E-state index in [9.17, 15) is 0 Å². The van der Waals surface area contributed by atoms with Crippen LogP contribution in [0.2, 0.25) is 0 Å². The van der Waals surface area contributed by atoms with Crippen molar-refractivity contribution in [1.29, 1.82) is 0 Å². The lowest BCUT2D eigenvalue weighted by Gasteiger charge is -2.32. The van der Waals surface area contributed by atoms with E-state index in [2.05, 4.69) is 15.0 Å². The smallest absolute Gasteiger partial charge is 0.248 e. The first-order valence-electron chi connectivity index (χ1n) is 8.44. The molecule has 0 unspecified atom stereocenters. The monoisotopic (exact) mass is 336 g/mol. The van der Waals surface area contributed by atoms with Crippen molar-refractivity contribution < 1.29 is 9.26 Å². The first-order chi connectivity index (χ1) is 12.3. The molecule has 1 fully saturated rings. The third-order valence-electron chi connectivity index (χ3n) is 4.47. The van der Waals surface area contributed by atoms with E-state index in [0.717, 1.165) is 29.8 Å². The van der Waals surface area contributed by atoms with Crippen LogP contribution in [0, 0.1) is 6.92 Å². The van der Waals surface area contributed by atoms with Crippen LogP contribution in [0.1, 0.15) is 23.1 Å². The number of benzene rings is 1. The van der Waals surface area contributed by atoms with Crippen LogP contribution in [0.3, 0.4) is 0 Å². The molecule has 0 spiro atoms. The maximum Gasteiger partial charge on any atom is 0.248 e. The van der Waals surface area contributed by atoms with Gasteiger partial charge in [0.15, 0.2) is 0 Å². The van der Waals surface area contributed by atoms with Crippen molar-refractivity contribution in [3.8, 4) is 11.4 Å². The number of nitrogens with zero attached hydrogens (tertiary/aromatic N) is 4. The number of rotatable bonds is 4. The summed E-state index contributed by atoms with van der Waals surface area (Å²) in [6.07, 6.45) is 3.63. The van der Waals surface area contributed by atoms with Gasteiger partial charge in [0, 0.05) is 31.0 Å². The van der Waals surface area contributed by atoms with Crippen LogP contribution in [-0.4, -0.2) is 46.3 Å². The van der Waals surface area contributed by atoms with Gasteiger partial charge in [0.25, 0.3) is 0 Å². The molecule has 0 saturated carbocycles. The van der Waals surface area contributed by atoms with Gasteiger partial charge < -0.3 is 9.26 Å². The highest BCUT2D eigenvalue weighted by atomic mass is 16.5. The molecule has 4 rings (SSSR count). The minimum absolute atomic E-state index is 0.108. The average molecular weight is 336 g/mol. The zero-order valence-electron chi connectivity index (χ0n) is 14.1. The summed E-state index contributed by atoms with van der Waals surface area (Å²) in [5, 5.41) is 4.22. The average Bonchev–Trinajstić information content (AvgIpc) is 3.13. The Bertz CT molecular complexity index is 828. The molecule has 6 heteroatoms. The van der Waals surface area contributed by atoms with Gasteiger partial charge in [-0.05, 0) is 24.1 Å². The lowest BCUT2D eigenvalue weighted by Crippen LogP contribution is -2.39. The molecule has 0 N–H and O–H groups in total. The summed E-state index contributed by atoms with van der Waals surface area (Å²) in [5.41, 5.74) is 3.16. The molecule has 1 aliphatic rings. The summed E-state index contributed by atoms with van der Waals surface area (Å²) >= 11 is 0. The van der Waals surface area contributed by atoms with Crippen LogP contribution in [0.5, 0.6) is 0 Å². The van der Waals surface area contributed by atoms with Crippen LogP contribution in [0.15, 0.2) is 53.3 Å². The van der Waals surface area contributed by atoms with Crippen molar-refractivity contribution in [3.05, 3.63) is 65.8 Å². The summed E-state index contributed by atoms with van der Waals surface area (Å²) in [5.74, 6) is 1.21. The molecule has 1 aliphatic heterocycles. The predicted octanol–water partition coefficient (Wildman–Crippen LogP) is 2.86. The minimum atomic E-state index is -0.108. The Labute approximate surface area is 146 Å². The second kappa shape index (κ2) is 7.13. The maximum absolute atomic E-state index is 5.67. The van der Waals surface area contributed by atoms with E-state index in [1.807, 2.05) is 49.5 Å². The fraction of sp³-hybridized carbons (Fsp3) is 0.316. The fourth-order valence-electron chi connectivity index (χ4n) is 3.16. The Hall–Kier alpha value is -2.57. The van der Waals surface area contributed by atoms with Crippen LogP contribution in [0.4, 0.5) is 0 Å². The van der Waals surface area contributed by atoms with E-state index in [4.69, 9.17) is 14.2 Å². The standard InChI is InChI=1S/C19H20N4O2/c1-14-5-2-3-7-16(14)18-21-19(25-22-18)17(15-6-4-8-20-13-15)23-9-11-24-12-10-23/h2-8,13,17H,9-12H2,1H3/t17-/m0/s1. The van der Waals surface area contributed by atoms with Gasteiger partial charge in [0.2, 0.25) is 11.7 Å². The van der Waals surface area contributed by atoms with Gasteiger partial charge in [-0.15, -0.1) is 0 Å². The lowest BCUT2D eigenvalue weighted by molar-refractivity contribution is 0.0180. The largest absolute Gasteiger partial charge is 0.379 e. The van der Waals surface area contributed by atoms with E-state index in [-0.39, 0.29) is 6.04 Å². The predicted molar refractivity (Wildman–Crippen MR) is 92.9 cm³/mol. The molecule has 0 radical (unpaired) electrons. The molecular formula is C19H20N4O2. The normalized spacial score (nSPS) is 16.7. The molecule has 0 bridgehead atoms. The van der Waals surface area contributed by atoms with E-state index >= 15 is 0 Å². The molecule has 25 heavy (non-hydrogen) atoms. The van der Waals surface area contributed by atoms with Gasteiger partial charge in [-0.2, -0.15) is 4.98 Å². The first kappa shape index (κ1) is 15.9. The number of pyridine rings is 1. The molecule has 1 aromatic carbocycles. The van der Waals surface area contributed by atoms with E-state index in [1.54, 1.807) is 6.20 Å². The maximum atomic E-state index is 5.67. The third kappa shape index (κ3) is 3.31. The molecule has 0 amide bonds. The molecule has 6 nitrogen and oxygen atoms in total. The fourth-order valence-corrected chi connectivity index (χ4v) is 3.16. The van der Waals surface area contributed by atoms with Crippen molar-refractivity contribution >= 4 is 0 Å². The molecule has 1 saturated heterocycles. The summed E-state index contributed by atoms with van der Waals surface area (Å²) in [4.78, 5) is 11.3. The number of hydrogen-bond donors (Lipinski definition) is 0. The number of ether oxygens (including phenoxy) is 1. The van der Waals surface area contributed by atoms with Gasteiger partial charge in [0.1, 0.15) is 6.04 Å². The second-order valence-corrected chi connectivity index (χ2v) is 6.11. The molecular weight excluding hydrogens is 316 g/mol. The minimum Gasteiger partial charge on any atom is -0.379 e. The molecule has 2 aromatic heterocycles. The summed E-state index contributed by atoms with van der Waals surface area (Å²) in [7, 11) is 0. The Balaban J connectivity index is 1.72. The Kier molecular flexibility index (Phi) is 4.54. The highest BCUT2D eigenvalue weighted by Gasteiger charge is 2.29. The highest BCUT2D eigenvalue weighted by molar-refractivity contribution is 5.59. The topological polar surface area (TPSA) is 64.3 Å². The van der Waals surface area contributed by atoms with Crippen molar-refractivity contribution in [2.24, 2.45) is 0 Å². The van der Waals surface area contributed by atoms with Crippen LogP contribution < -0.4 is 0 Å². The van der Waals surface area contributed by atoms with E-state index in [1.165, 1.54) is 0 Å². The molecule has 0 aliphatic carbocycles. The van der Waals surface area contributed by atoms with E-state index in [0.29, 0.717) is 24.9 Å². The second-order valence-electron chi connectivity index (χ2n) is 6.11. The third-order valence-corrected chi connectivity index (χ3v) is 4.47. The van der Waals surface area contributed by atoms with Crippen molar-refractivity contribution in [2.75, 3.05) is 26.3 Å². The first-order valence-corrected chi connectivity index (χ1v) is 8.44. The zero-order chi connectivity index (χ0) is 17.1. The van der Waals surface area contributed by atoms with Crippen LogP contribution >= 0.6 is 0 Å². The number of hydrogen-bond acceptors (Lipinski definition) is 6. The molecule has 3 heterocycles. The van der Waals surface area contributed by atoms with Gasteiger partial charge in [-0.1, -0.05) is 35.5 Å². The zero-order valence-corrected chi connectivity index (χ0v) is 14.1. The van der Waals surface area contributed by atoms with Gasteiger partial charge in [-0.25, -0.2) is 0 Å². The molecule has 128 valence electrons. The Morgan fingerprint density at radius 3 is 2.68 bits per heavy atom. The Morgan fingerprint density at radius 1 is 1.08 bits per heavy atom. The number of morpholine rings is 1. The molecule has 3 aromatic rings. The lowest BCUT2D eigenvalue weighted by atomic mass is 10.1. The quantitative estimate of drug-likeness (QED) is 0.730. The summed E-state index contributed by atoms with van der Waals surface area (Å²) < 4.78 is 11.2. The SMILES string of the molecule is Cc1ccccc1-c1noc([C@H](c2cccnc2)N2CCOCC2)n1. The number of aryl methyl sites for hydroxylation is 1. The summed E-state index contributed by atoms with van der Waals surface area (Å²) in [6, 6.07) is 11.9. The Morgan fingerprint density at radius 2 is 1.92 bits per heavy atom. The number of aromatic nitrogens is 3. The van der Waals surface area contributed by atoms with Gasteiger partial charge in [0.05, 0.1) is 13.2 Å². The molecule has 1 atom stereocenters. The van der Waals surface area contributed by atoms with Gasteiger partial charge >= 0.3 is 0 Å². The van der Waals surface area contributed by atoms with Crippen molar-refractivity contribution in [3.63, 3.8) is 0 Å².